The van der Waals surface area contributed by atoms with E-state index in [-0.39, 0.29) is 5.97 Å². The molecule has 266 valence electrons. The summed E-state index contributed by atoms with van der Waals surface area (Å²) in [7, 11) is 0. The summed E-state index contributed by atoms with van der Waals surface area (Å²) in [5.74, 6) is 12.8. The monoisotopic (exact) mass is 681 g/mol. The van der Waals surface area contributed by atoms with Gasteiger partial charge in [0.25, 0.3) is 0 Å². The molecule has 0 radical (unpaired) electrons. The van der Waals surface area contributed by atoms with E-state index in [9.17, 15) is 4.79 Å². The van der Waals surface area contributed by atoms with Crippen LogP contribution in [0.1, 0.15) is 129 Å². The molecular weight excluding hydrogens is 627 g/mol. The first kappa shape index (κ1) is 39.1. The van der Waals surface area contributed by atoms with Crippen LogP contribution in [0.5, 0.6) is 5.75 Å². The zero-order valence-electron chi connectivity index (χ0n) is 30.7. The summed E-state index contributed by atoms with van der Waals surface area (Å²) in [6.07, 6.45) is 25.9. The van der Waals surface area contributed by atoms with Crippen LogP contribution in [0.4, 0.5) is 0 Å². The van der Waals surface area contributed by atoms with Crippen LogP contribution in [0, 0.1) is 23.7 Å². The summed E-state index contributed by atoms with van der Waals surface area (Å²) in [5.41, 5.74) is 5.11. The first-order chi connectivity index (χ1) is 25.2. The second-order valence-electron chi connectivity index (χ2n) is 13.2. The second-order valence-corrected chi connectivity index (χ2v) is 13.2. The Balaban J connectivity index is 1.07. The number of rotatable bonds is 22. The van der Waals surface area contributed by atoms with Crippen molar-refractivity contribution in [1.82, 2.24) is 15.0 Å². The Bertz CT molecular complexity index is 1620. The minimum absolute atomic E-state index is 0.189. The largest absolute Gasteiger partial charge is 0.427 e. The molecule has 0 aliphatic carbocycles. The van der Waals surface area contributed by atoms with Crippen molar-refractivity contribution < 1.29 is 9.53 Å². The zero-order chi connectivity index (χ0) is 35.6. The van der Waals surface area contributed by atoms with Crippen LogP contribution in [0.15, 0.2) is 85.2 Å². The van der Waals surface area contributed by atoms with E-state index in [2.05, 4.69) is 40.6 Å². The van der Waals surface area contributed by atoms with Crippen LogP contribution < -0.4 is 4.74 Å². The van der Waals surface area contributed by atoms with Crippen molar-refractivity contribution in [3.8, 4) is 63.3 Å². The third kappa shape index (κ3) is 15.8. The van der Waals surface area contributed by atoms with Crippen molar-refractivity contribution in [2.75, 3.05) is 0 Å². The molecule has 0 saturated carbocycles. The molecule has 0 unspecified atom stereocenters. The average Bonchev–Trinajstić information content (AvgIpc) is 3.17. The quantitative estimate of drug-likeness (QED) is 0.0357. The zero-order valence-corrected chi connectivity index (χ0v) is 30.7. The number of aromatic nitrogens is 3. The summed E-state index contributed by atoms with van der Waals surface area (Å²) in [6, 6.07) is 23.3. The molecule has 0 N–H and O–H groups in total. The first-order valence-corrected chi connectivity index (χ1v) is 19.3. The third-order valence-corrected chi connectivity index (χ3v) is 8.93. The molecule has 0 spiro atoms. The summed E-state index contributed by atoms with van der Waals surface area (Å²) in [6.45, 7) is 2.27. The van der Waals surface area contributed by atoms with Gasteiger partial charge in [0.2, 0.25) is 0 Å². The van der Waals surface area contributed by atoms with Gasteiger partial charge in [-0.3, -0.25) is 14.8 Å². The number of carbonyl (C=O) groups is 1. The summed E-state index contributed by atoms with van der Waals surface area (Å²) in [4.78, 5) is 26.3. The van der Waals surface area contributed by atoms with Crippen molar-refractivity contribution >= 4 is 5.97 Å². The number of unbranched alkanes of at least 4 members (excludes halogenated alkanes) is 16. The Hall–Kier alpha value is -4.74. The molecule has 0 atom stereocenters. The lowest BCUT2D eigenvalue weighted by Crippen LogP contribution is -2.07. The molecule has 4 aromatic rings. The number of hydrogen-bond acceptors (Lipinski definition) is 5. The van der Waals surface area contributed by atoms with Gasteiger partial charge >= 0.3 is 5.97 Å². The van der Waals surface area contributed by atoms with E-state index in [1.165, 1.54) is 77.0 Å². The normalized spacial score (nSPS) is 10.5. The van der Waals surface area contributed by atoms with E-state index in [0.29, 0.717) is 12.2 Å². The lowest BCUT2D eigenvalue weighted by Gasteiger charge is -2.10. The van der Waals surface area contributed by atoms with Crippen molar-refractivity contribution in [2.24, 2.45) is 0 Å². The van der Waals surface area contributed by atoms with Gasteiger partial charge in [-0.05, 0) is 90.8 Å². The van der Waals surface area contributed by atoms with Crippen molar-refractivity contribution in [1.29, 1.82) is 0 Å². The Morgan fingerprint density at radius 3 is 1.53 bits per heavy atom. The maximum atomic E-state index is 12.5. The molecule has 0 saturated heterocycles. The van der Waals surface area contributed by atoms with Crippen LogP contribution in [0.2, 0.25) is 0 Å². The highest BCUT2D eigenvalue weighted by Crippen LogP contribution is 2.30. The van der Waals surface area contributed by atoms with E-state index in [1.54, 1.807) is 12.4 Å². The Labute approximate surface area is 307 Å². The highest BCUT2D eigenvalue weighted by molar-refractivity contribution is 5.76. The summed E-state index contributed by atoms with van der Waals surface area (Å²) in [5, 5.41) is 0. The lowest BCUT2D eigenvalue weighted by atomic mass is 10.0. The molecule has 0 aliphatic rings. The summed E-state index contributed by atoms with van der Waals surface area (Å²) >= 11 is 0. The van der Waals surface area contributed by atoms with Crippen LogP contribution in [-0.2, 0) is 4.79 Å². The van der Waals surface area contributed by atoms with Gasteiger partial charge in [0, 0.05) is 31.7 Å². The van der Waals surface area contributed by atoms with E-state index in [0.717, 1.165) is 72.4 Å². The van der Waals surface area contributed by atoms with E-state index >= 15 is 0 Å². The topological polar surface area (TPSA) is 65.0 Å². The SMILES string of the molecule is CCCCCCCCCCCCC#CC#CCCCCCCCCC(=O)Oc1ccc(-c2cc(-c3ccccn3)nc(-c3ccccn3)c2)cc1. The Morgan fingerprint density at radius 1 is 0.549 bits per heavy atom. The smallest absolute Gasteiger partial charge is 0.311 e. The van der Waals surface area contributed by atoms with Gasteiger partial charge in [-0.15, -0.1) is 0 Å². The molecule has 0 amide bonds. The van der Waals surface area contributed by atoms with Gasteiger partial charge in [-0.2, -0.15) is 0 Å². The van der Waals surface area contributed by atoms with Gasteiger partial charge in [0.15, 0.2) is 0 Å². The van der Waals surface area contributed by atoms with Gasteiger partial charge < -0.3 is 4.74 Å². The second kappa shape index (κ2) is 24.4. The number of pyridine rings is 3. The predicted octanol–water partition coefficient (Wildman–Crippen LogP) is 12.2. The molecule has 0 bridgehead atoms. The fourth-order valence-electron chi connectivity index (χ4n) is 5.99. The molecule has 5 nitrogen and oxygen atoms in total. The molecule has 3 aromatic heterocycles. The highest BCUT2D eigenvalue weighted by Gasteiger charge is 2.11. The fourth-order valence-corrected chi connectivity index (χ4v) is 5.99. The van der Waals surface area contributed by atoms with Gasteiger partial charge in [0.1, 0.15) is 5.75 Å². The number of hydrogen-bond donors (Lipinski definition) is 0. The number of ether oxygens (including phenoxy) is 1. The Kier molecular flexibility index (Phi) is 18.7. The van der Waals surface area contributed by atoms with Crippen LogP contribution in [0.3, 0.4) is 0 Å². The van der Waals surface area contributed by atoms with Gasteiger partial charge in [-0.25, -0.2) is 4.98 Å². The van der Waals surface area contributed by atoms with Gasteiger partial charge in [0.05, 0.1) is 22.8 Å². The maximum absolute atomic E-state index is 12.5. The number of carbonyl (C=O) groups excluding carboxylic acids is 1. The van der Waals surface area contributed by atoms with Gasteiger partial charge in [-0.1, -0.05) is 127 Å². The molecular formula is C46H55N3O2. The number of nitrogens with zero attached hydrogens (tertiary/aromatic N) is 3. The van der Waals surface area contributed by atoms with E-state index < -0.39 is 0 Å². The fraction of sp³-hybridized carbons (Fsp3) is 0.435. The minimum atomic E-state index is -0.189. The van der Waals surface area contributed by atoms with Crippen LogP contribution in [0.25, 0.3) is 33.9 Å². The summed E-state index contributed by atoms with van der Waals surface area (Å²) < 4.78 is 5.64. The minimum Gasteiger partial charge on any atom is -0.427 e. The van der Waals surface area contributed by atoms with Crippen LogP contribution in [-0.4, -0.2) is 20.9 Å². The van der Waals surface area contributed by atoms with E-state index in [4.69, 9.17) is 9.72 Å². The first-order valence-electron chi connectivity index (χ1n) is 19.3. The molecule has 0 aliphatic heterocycles. The molecule has 4 rings (SSSR count). The average molecular weight is 682 g/mol. The Morgan fingerprint density at radius 2 is 1.04 bits per heavy atom. The molecule has 5 heteroatoms. The van der Waals surface area contributed by atoms with Crippen molar-refractivity contribution in [3.63, 3.8) is 0 Å². The predicted molar refractivity (Wildman–Crippen MR) is 211 cm³/mol. The number of esters is 1. The van der Waals surface area contributed by atoms with Crippen molar-refractivity contribution in [2.45, 2.75) is 129 Å². The molecule has 51 heavy (non-hydrogen) atoms. The van der Waals surface area contributed by atoms with Crippen LogP contribution >= 0.6 is 0 Å². The number of benzene rings is 1. The third-order valence-electron chi connectivity index (χ3n) is 8.93. The highest BCUT2D eigenvalue weighted by atomic mass is 16.5. The molecule has 3 heterocycles. The lowest BCUT2D eigenvalue weighted by molar-refractivity contribution is -0.134. The van der Waals surface area contributed by atoms with E-state index in [1.807, 2.05) is 72.8 Å². The van der Waals surface area contributed by atoms with Crippen molar-refractivity contribution in [3.05, 3.63) is 85.2 Å². The molecule has 0 fully saturated rings. The maximum Gasteiger partial charge on any atom is 0.311 e. The standard InChI is InChI=1S/C46H55N3O2/c1-2-3-4-5-6-7-8-9-10-11-12-13-14-15-16-17-18-19-20-21-22-23-30-46(50)51-41-33-31-39(32-34-41)40-37-44(42-28-24-26-35-47-42)49-45(38-40)43-29-25-27-36-48-43/h24-29,31-38H,2-12,17-23,30H2,1H3. The molecule has 1 aromatic carbocycles.